The van der Waals surface area contributed by atoms with Crippen LogP contribution in [0.2, 0.25) is 5.02 Å². The van der Waals surface area contributed by atoms with Crippen LogP contribution in [0.3, 0.4) is 0 Å². The average molecular weight is 613 g/mol. The largest absolute Gasteiger partial charge is 0.487 e. The van der Waals surface area contributed by atoms with Crippen LogP contribution in [-0.4, -0.2) is 50.4 Å². The number of aromatic nitrogens is 3. The third-order valence-corrected chi connectivity index (χ3v) is 7.76. The fourth-order valence-electron chi connectivity index (χ4n) is 5.31. The number of anilines is 2. The maximum Gasteiger partial charge on any atom is 0.242 e. The number of hydrogen-bond donors (Lipinski definition) is 2. The van der Waals surface area contributed by atoms with E-state index >= 15 is 0 Å². The molecule has 11 heteroatoms. The summed E-state index contributed by atoms with van der Waals surface area (Å²) in [7, 11) is 0. The molecule has 1 aliphatic heterocycles. The quantitative estimate of drug-likeness (QED) is 0.213. The van der Waals surface area contributed by atoms with E-state index in [1.54, 1.807) is 29.2 Å². The summed E-state index contributed by atoms with van der Waals surface area (Å²) < 4.78 is 21.1. The van der Waals surface area contributed by atoms with E-state index in [1.165, 1.54) is 25.4 Å². The number of likely N-dealkylation sites (tertiary alicyclic amines) is 1. The third kappa shape index (κ3) is 6.81. The molecule has 0 saturated carbocycles. The number of rotatable bonds is 9. The Morgan fingerprint density at radius 1 is 1.07 bits per heavy atom. The van der Waals surface area contributed by atoms with Gasteiger partial charge in [-0.2, -0.15) is 0 Å². The summed E-state index contributed by atoms with van der Waals surface area (Å²) in [6.07, 6.45) is 6.09. The lowest BCUT2D eigenvalue weighted by molar-refractivity contribution is -0.131. The van der Waals surface area contributed by atoms with E-state index in [0.29, 0.717) is 40.9 Å². The molecule has 2 N–H and O–H groups in total. The molecule has 1 aliphatic rings. The zero-order valence-corrected chi connectivity index (χ0v) is 24.7. The molecule has 3 heterocycles. The van der Waals surface area contributed by atoms with Gasteiger partial charge in [-0.05, 0) is 71.6 Å². The van der Waals surface area contributed by atoms with Crippen LogP contribution in [0.1, 0.15) is 18.9 Å². The van der Waals surface area contributed by atoms with Gasteiger partial charge in [0.2, 0.25) is 11.8 Å². The lowest BCUT2D eigenvalue weighted by Gasteiger charge is -2.17. The number of amides is 2. The van der Waals surface area contributed by atoms with Gasteiger partial charge in [0.05, 0.1) is 10.5 Å². The maximum atomic E-state index is 13.5. The van der Waals surface area contributed by atoms with Crippen molar-refractivity contribution in [1.82, 2.24) is 24.8 Å². The van der Waals surface area contributed by atoms with Gasteiger partial charge in [0.25, 0.3) is 0 Å². The van der Waals surface area contributed by atoms with Gasteiger partial charge < -0.3 is 24.8 Å². The molecule has 2 amide bonds. The number of hydrogen-bond acceptors (Lipinski definition) is 6. The van der Waals surface area contributed by atoms with E-state index < -0.39 is 0 Å². The molecule has 0 aliphatic carbocycles. The number of nitrogens with zero attached hydrogens (tertiary/aromatic N) is 4. The topological polar surface area (TPSA) is 101 Å². The van der Waals surface area contributed by atoms with E-state index in [9.17, 15) is 14.0 Å². The lowest BCUT2D eigenvalue weighted by atomic mass is 10.1. The van der Waals surface area contributed by atoms with Crippen molar-refractivity contribution >= 4 is 45.8 Å². The second-order valence-corrected chi connectivity index (χ2v) is 11.1. The number of nitrogens with one attached hydrogen (secondary N) is 2. The fraction of sp³-hybridized carbons (Fsp3) is 0.212. The van der Waals surface area contributed by atoms with Crippen LogP contribution in [0.25, 0.3) is 22.0 Å². The molecule has 0 radical (unpaired) electrons. The summed E-state index contributed by atoms with van der Waals surface area (Å²) in [5.74, 6) is 0.711. The van der Waals surface area contributed by atoms with Crippen LogP contribution in [0.15, 0.2) is 85.5 Å². The molecule has 0 spiro atoms. The molecule has 0 bridgehead atoms. The van der Waals surface area contributed by atoms with Gasteiger partial charge in [0.15, 0.2) is 0 Å². The molecule has 2 aromatic heterocycles. The number of halogens is 2. The number of carbonyl (C=O) groups excluding carboxylic acids is 2. The normalized spacial score (nSPS) is 14.5. The van der Waals surface area contributed by atoms with Crippen molar-refractivity contribution in [2.45, 2.75) is 32.5 Å². The Bertz CT molecular complexity index is 1840. The lowest BCUT2D eigenvalue weighted by Crippen LogP contribution is -2.38. The Hall–Kier alpha value is -4.96. The van der Waals surface area contributed by atoms with Crippen molar-refractivity contribution in [3.05, 3.63) is 102 Å². The molecule has 6 rings (SSSR count). The second kappa shape index (κ2) is 12.7. The monoisotopic (exact) mass is 612 g/mol. The molecular weight excluding hydrogens is 583 g/mol. The van der Waals surface area contributed by atoms with E-state index in [4.69, 9.17) is 16.3 Å². The van der Waals surface area contributed by atoms with Crippen molar-refractivity contribution in [3.8, 4) is 16.9 Å². The highest BCUT2D eigenvalue weighted by molar-refractivity contribution is 6.32. The molecule has 0 unspecified atom stereocenters. The van der Waals surface area contributed by atoms with Crippen LogP contribution < -0.4 is 15.4 Å². The standard InChI is InChI=1S/C33H30ClFN6O3/c1-21(42)38-27-10-12-41(17-27)32(43)18-40-11-9-24(16-40)23-5-7-30-28(14-23)33(37-20-36-30)39-26-6-8-31(29(34)15-26)44-19-22-3-2-4-25(35)13-22/h2-9,11,13-16,20,27H,10,12,17-19H2,1H3,(H,38,42)(H,36,37,39)/t27-/m1/s1. The maximum absolute atomic E-state index is 13.5. The Morgan fingerprint density at radius 3 is 2.77 bits per heavy atom. The van der Waals surface area contributed by atoms with E-state index in [2.05, 4.69) is 20.6 Å². The van der Waals surface area contributed by atoms with E-state index in [1.807, 2.05) is 47.3 Å². The van der Waals surface area contributed by atoms with Crippen molar-refractivity contribution in [2.75, 3.05) is 18.4 Å². The third-order valence-electron chi connectivity index (χ3n) is 7.46. The molecule has 1 saturated heterocycles. The Kier molecular flexibility index (Phi) is 8.42. The van der Waals surface area contributed by atoms with E-state index in [-0.39, 0.29) is 36.8 Å². The van der Waals surface area contributed by atoms with Crippen LogP contribution >= 0.6 is 11.6 Å². The highest BCUT2D eigenvalue weighted by Crippen LogP contribution is 2.32. The summed E-state index contributed by atoms with van der Waals surface area (Å²) >= 11 is 6.51. The number of benzene rings is 3. The first-order valence-corrected chi connectivity index (χ1v) is 14.6. The van der Waals surface area contributed by atoms with Gasteiger partial charge in [0, 0.05) is 49.5 Å². The Labute approximate surface area is 258 Å². The first-order chi connectivity index (χ1) is 21.3. The summed E-state index contributed by atoms with van der Waals surface area (Å²) in [4.78, 5) is 34.9. The van der Waals surface area contributed by atoms with Gasteiger partial charge in [-0.25, -0.2) is 14.4 Å². The smallest absolute Gasteiger partial charge is 0.242 e. The summed E-state index contributed by atoms with van der Waals surface area (Å²) in [6.45, 7) is 3.07. The Morgan fingerprint density at radius 2 is 1.95 bits per heavy atom. The van der Waals surface area contributed by atoms with Crippen molar-refractivity contribution in [2.24, 2.45) is 0 Å². The summed E-state index contributed by atoms with van der Waals surface area (Å²) in [5.41, 5.74) is 4.09. The average Bonchev–Trinajstić information content (AvgIpc) is 3.66. The minimum atomic E-state index is -0.318. The minimum absolute atomic E-state index is 0.00775. The van der Waals surface area contributed by atoms with Gasteiger partial charge in [-0.3, -0.25) is 9.59 Å². The zero-order chi connectivity index (χ0) is 30.6. The fourth-order valence-corrected chi connectivity index (χ4v) is 5.55. The van der Waals surface area contributed by atoms with Crippen molar-refractivity contribution < 1.29 is 18.7 Å². The van der Waals surface area contributed by atoms with Gasteiger partial charge in [-0.1, -0.05) is 29.8 Å². The molecule has 1 atom stereocenters. The van der Waals surface area contributed by atoms with Crippen LogP contribution in [0, 0.1) is 5.82 Å². The molecule has 5 aromatic rings. The SMILES string of the molecule is CC(=O)N[C@@H]1CCN(C(=O)Cn2ccc(-c3ccc4ncnc(Nc5ccc(OCc6cccc(F)c6)c(Cl)c5)c4c3)c2)C1. The first kappa shape index (κ1) is 29.1. The highest BCUT2D eigenvalue weighted by atomic mass is 35.5. The Balaban J connectivity index is 1.14. The van der Waals surface area contributed by atoms with Crippen LogP contribution in [0.5, 0.6) is 5.75 Å². The van der Waals surface area contributed by atoms with Crippen molar-refractivity contribution in [3.63, 3.8) is 0 Å². The molecule has 3 aromatic carbocycles. The van der Waals surface area contributed by atoms with Gasteiger partial charge in [0.1, 0.15) is 36.9 Å². The number of fused-ring (bicyclic) bond motifs is 1. The van der Waals surface area contributed by atoms with Gasteiger partial charge >= 0.3 is 0 Å². The minimum Gasteiger partial charge on any atom is -0.487 e. The zero-order valence-electron chi connectivity index (χ0n) is 24.0. The summed E-state index contributed by atoms with van der Waals surface area (Å²) in [5, 5.41) is 7.44. The molecule has 44 heavy (non-hydrogen) atoms. The molecule has 9 nitrogen and oxygen atoms in total. The number of ether oxygens (including phenoxy) is 1. The van der Waals surface area contributed by atoms with Crippen molar-refractivity contribution in [1.29, 1.82) is 0 Å². The molecular formula is C33H30ClFN6O3. The van der Waals surface area contributed by atoms with E-state index in [0.717, 1.165) is 28.5 Å². The van der Waals surface area contributed by atoms with Gasteiger partial charge in [-0.15, -0.1) is 0 Å². The predicted octanol–water partition coefficient (Wildman–Crippen LogP) is 5.95. The highest BCUT2D eigenvalue weighted by Gasteiger charge is 2.26. The number of carbonyl (C=O) groups is 2. The van der Waals surface area contributed by atoms with Crippen LogP contribution in [-0.2, 0) is 22.7 Å². The molecule has 224 valence electrons. The summed E-state index contributed by atoms with van der Waals surface area (Å²) in [6, 6.07) is 19.5. The predicted molar refractivity (Wildman–Crippen MR) is 167 cm³/mol. The van der Waals surface area contributed by atoms with Crippen LogP contribution in [0.4, 0.5) is 15.9 Å². The molecule has 1 fully saturated rings. The second-order valence-electron chi connectivity index (χ2n) is 10.7. The first-order valence-electron chi connectivity index (χ1n) is 14.2.